The average molecular weight is 229 g/mol. The van der Waals surface area contributed by atoms with Gasteiger partial charge in [-0.2, -0.15) is 0 Å². The lowest BCUT2D eigenvalue weighted by Crippen LogP contribution is -2.35. The summed E-state index contributed by atoms with van der Waals surface area (Å²) in [4.78, 5) is 0. The van der Waals surface area contributed by atoms with E-state index in [1.165, 1.54) is 12.8 Å². The Bertz CT molecular complexity index is 159. The molecule has 0 aliphatic rings. The van der Waals surface area contributed by atoms with Crippen molar-refractivity contribution in [3.63, 3.8) is 0 Å². The molecule has 1 atom stereocenters. The maximum atomic E-state index is 5.79. The summed E-state index contributed by atoms with van der Waals surface area (Å²) in [5.74, 6) is 0. The molecule has 0 radical (unpaired) electrons. The molecule has 1 unspecified atom stereocenters. The third kappa shape index (κ3) is 9.17. The molecule has 98 valence electrons. The lowest BCUT2D eigenvalue weighted by molar-refractivity contribution is 0.0474. The Kier molecular flexibility index (Phi) is 8.04. The molecule has 1 N–H and O–H groups in total. The van der Waals surface area contributed by atoms with Gasteiger partial charge in [0.25, 0.3) is 0 Å². The summed E-state index contributed by atoms with van der Waals surface area (Å²) >= 11 is 0. The highest BCUT2D eigenvalue weighted by molar-refractivity contribution is 4.66. The van der Waals surface area contributed by atoms with Gasteiger partial charge in [0.05, 0.1) is 6.10 Å². The van der Waals surface area contributed by atoms with E-state index in [9.17, 15) is 0 Å². The first-order chi connectivity index (χ1) is 7.39. The molecule has 0 bridgehead atoms. The minimum atomic E-state index is 0.322. The fraction of sp³-hybridized carbons (Fsp3) is 1.00. The summed E-state index contributed by atoms with van der Waals surface area (Å²) in [7, 11) is 0. The molecule has 2 heteroatoms. The zero-order valence-electron chi connectivity index (χ0n) is 12.1. The molecule has 0 saturated heterocycles. The maximum absolute atomic E-state index is 5.79. The third-order valence-corrected chi connectivity index (χ3v) is 2.93. The molecular weight excluding hydrogens is 198 g/mol. The van der Waals surface area contributed by atoms with Crippen LogP contribution in [0, 0.1) is 5.41 Å². The molecule has 0 rings (SSSR count). The minimum Gasteiger partial charge on any atom is -0.377 e. The lowest BCUT2D eigenvalue weighted by atomic mass is 9.93. The van der Waals surface area contributed by atoms with Crippen molar-refractivity contribution in [1.29, 1.82) is 0 Å². The number of ether oxygens (including phenoxy) is 1. The van der Waals surface area contributed by atoms with Gasteiger partial charge in [-0.3, -0.25) is 0 Å². The van der Waals surface area contributed by atoms with Crippen LogP contribution in [-0.4, -0.2) is 25.3 Å². The van der Waals surface area contributed by atoms with Gasteiger partial charge in [-0.1, -0.05) is 34.6 Å². The second-order valence-corrected chi connectivity index (χ2v) is 5.91. The van der Waals surface area contributed by atoms with E-state index in [2.05, 4.69) is 46.9 Å². The van der Waals surface area contributed by atoms with Crippen molar-refractivity contribution in [3.8, 4) is 0 Å². The van der Waals surface area contributed by atoms with Gasteiger partial charge in [0, 0.05) is 19.2 Å². The number of nitrogens with one attached hydrogen (secondary N) is 1. The number of rotatable bonds is 8. The molecule has 0 aromatic rings. The van der Waals surface area contributed by atoms with Crippen molar-refractivity contribution in [2.45, 2.75) is 73.0 Å². The number of hydrogen-bond donors (Lipinski definition) is 1. The van der Waals surface area contributed by atoms with Crippen LogP contribution < -0.4 is 5.32 Å². The Labute approximate surface area is 102 Å². The first-order valence-corrected chi connectivity index (χ1v) is 6.74. The van der Waals surface area contributed by atoms with E-state index >= 15 is 0 Å². The molecule has 16 heavy (non-hydrogen) atoms. The van der Waals surface area contributed by atoms with Crippen molar-refractivity contribution >= 4 is 0 Å². The first kappa shape index (κ1) is 15.9. The topological polar surface area (TPSA) is 21.3 Å². The molecule has 0 saturated carbocycles. The van der Waals surface area contributed by atoms with Gasteiger partial charge in [0.1, 0.15) is 0 Å². The molecule has 0 aromatic carbocycles. The van der Waals surface area contributed by atoms with Gasteiger partial charge in [0.15, 0.2) is 0 Å². The van der Waals surface area contributed by atoms with Gasteiger partial charge in [-0.25, -0.2) is 0 Å². The van der Waals surface area contributed by atoms with Crippen LogP contribution in [-0.2, 0) is 4.74 Å². The van der Waals surface area contributed by atoms with Gasteiger partial charge in [0.2, 0.25) is 0 Å². The standard InChI is InChI=1S/C14H31NO/c1-7-13(8-2)15-11-12(3)16-10-9-14(4,5)6/h12-13,15H,7-11H2,1-6H3. The SMILES string of the molecule is CCC(CC)NCC(C)OCCC(C)(C)C. The molecule has 0 fully saturated rings. The highest BCUT2D eigenvalue weighted by Crippen LogP contribution is 2.18. The fourth-order valence-electron chi connectivity index (χ4n) is 1.54. The second kappa shape index (κ2) is 8.08. The Balaban J connectivity index is 3.55. The largest absolute Gasteiger partial charge is 0.377 e. The summed E-state index contributed by atoms with van der Waals surface area (Å²) in [6, 6.07) is 0.647. The van der Waals surface area contributed by atoms with Crippen LogP contribution in [0.25, 0.3) is 0 Å². The Hall–Kier alpha value is -0.0800. The summed E-state index contributed by atoms with van der Waals surface area (Å²) in [6.45, 7) is 15.2. The van der Waals surface area contributed by atoms with E-state index < -0.39 is 0 Å². The summed E-state index contributed by atoms with van der Waals surface area (Å²) in [6.07, 6.45) is 3.85. The van der Waals surface area contributed by atoms with Crippen LogP contribution in [0.2, 0.25) is 0 Å². The van der Waals surface area contributed by atoms with E-state index in [0.717, 1.165) is 19.6 Å². The van der Waals surface area contributed by atoms with Crippen LogP contribution in [0.15, 0.2) is 0 Å². The fourth-order valence-corrected chi connectivity index (χ4v) is 1.54. The highest BCUT2D eigenvalue weighted by Gasteiger charge is 2.11. The van der Waals surface area contributed by atoms with Gasteiger partial charge < -0.3 is 10.1 Å². The molecule has 0 aliphatic carbocycles. The van der Waals surface area contributed by atoms with E-state index in [1.54, 1.807) is 0 Å². The zero-order valence-corrected chi connectivity index (χ0v) is 12.1. The van der Waals surface area contributed by atoms with Crippen molar-refractivity contribution < 1.29 is 4.74 Å². The summed E-state index contributed by atoms with van der Waals surface area (Å²) in [5.41, 5.74) is 0.378. The van der Waals surface area contributed by atoms with E-state index in [-0.39, 0.29) is 0 Å². The zero-order chi connectivity index (χ0) is 12.6. The Morgan fingerprint density at radius 1 is 1.12 bits per heavy atom. The van der Waals surface area contributed by atoms with E-state index in [0.29, 0.717) is 17.6 Å². The third-order valence-electron chi connectivity index (χ3n) is 2.93. The average Bonchev–Trinajstić information content (AvgIpc) is 2.17. The van der Waals surface area contributed by atoms with Crippen LogP contribution >= 0.6 is 0 Å². The van der Waals surface area contributed by atoms with Crippen molar-refractivity contribution in [3.05, 3.63) is 0 Å². The second-order valence-electron chi connectivity index (χ2n) is 5.91. The van der Waals surface area contributed by atoms with Gasteiger partial charge >= 0.3 is 0 Å². The molecular formula is C14H31NO. The van der Waals surface area contributed by atoms with Crippen LogP contribution in [0.1, 0.15) is 60.8 Å². The predicted molar refractivity (Wildman–Crippen MR) is 71.9 cm³/mol. The molecule has 0 heterocycles. The quantitative estimate of drug-likeness (QED) is 0.686. The molecule has 0 spiro atoms. The number of hydrogen-bond acceptors (Lipinski definition) is 2. The minimum absolute atomic E-state index is 0.322. The van der Waals surface area contributed by atoms with E-state index in [1.807, 2.05) is 0 Å². The van der Waals surface area contributed by atoms with Crippen molar-refractivity contribution in [1.82, 2.24) is 5.32 Å². The Morgan fingerprint density at radius 3 is 2.12 bits per heavy atom. The molecule has 0 aromatic heterocycles. The van der Waals surface area contributed by atoms with E-state index in [4.69, 9.17) is 4.74 Å². The first-order valence-electron chi connectivity index (χ1n) is 6.74. The predicted octanol–water partition coefficient (Wildman–Crippen LogP) is 3.61. The highest BCUT2D eigenvalue weighted by atomic mass is 16.5. The smallest absolute Gasteiger partial charge is 0.0671 e. The van der Waals surface area contributed by atoms with Gasteiger partial charge in [-0.15, -0.1) is 0 Å². The van der Waals surface area contributed by atoms with Crippen LogP contribution in [0.5, 0.6) is 0 Å². The van der Waals surface area contributed by atoms with Gasteiger partial charge in [-0.05, 0) is 31.6 Å². The maximum Gasteiger partial charge on any atom is 0.0671 e. The van der Waals surface area contributed by atoms with Crippen molar-refractivity contribution in [2.75, 3.05) is 13.2 Å². The lowest BCUT2D eigenvalue weighted by Gasteiger charge is -2.22. The summed E-state index contributed by atoms with van der Waals surface area (Å²) < 4.78 is 5.79. The Morgan fingerprint density at radius 2 is 1.69 bits per heavy atom. The monoisotopic (exact) mass is 229 g/mol. The molecule has 2 nitrogen and oxygen atoms in total. The van der Waals surface area contributed by atoms with Crippen LogP contribution in [0.3, 0.4) is 0 Å². The van der Waals surface area contributed by atoms with Crippen molar-refractivity contribution in [2.24, 2.45) is 5.41 Å². The normalized spacial score (nSPS) is 14.4. The molecule has 0 aliphatic heterocycles. The molecule has 0 amide bonds. The van der Waals surface area contributed by atoms with Crippen LogP contribution in [0.4, 0.5) is 0 Å². The summed E-state index contributed by atoms with van der Waals surface area (Å²) in [5, 5.41) is 3.54.